The van der Waals surface area contributed by atoms with Crippen LogP contribution < -0.4 is 10.0 Å². The van der Waals surface area contributed by atoms with Gasteiger partial charge < -0.3 is 5.32 Å². The lowest BCUT2D eigenvalue weighted by molar-refractivity contribution is -0.119. The average Bonchev–Trinajstić information content (AvgIpc) is 3.13. The normalized spacial score (nSPS) is 16.6. The fourth-order valence-corrected chi connectivity index (χ4v) is 4.16. The number of nitrogens with one attached hydrogen (secondary N) is 2. The van der Waals surface area contributed by atoms with Crippen LogP contribution in [0.4, 0.5) is 0 Å². The fourth-order valence-electron chi connectivity index (χ4n) is 3.11. The van der Waals surface area contributed by atoms with Crippen LogP contribution in [0.2, 0.25) is 0 Å². The summed E-state index contributed by atoms with van der Waals surface area (Å²) in [5, 5.41) is 7.11. The Bertz CT molecular complexity index is 889. The summed E-state index contributed by atoms with van der Waals surface area (Å²) in [4.78, 5) is 11.5. The van der Waals surface area contributed by atoms with Gasteiger partial charge in [-0.1, -0.05) is 6.07 Å². The van der Waals surface area contributed by atoms with Crippen LogP contribution >= 0.6 is 0 Å². The number of sulfonamides is 1. The third kappa shape index (κ3) is 4.08. The van der Waals surface area contributed by atoms with Gasteiger partial charge in [-0.15, -0.1) is 0 Å². The molecule has 0 unspecified atom stereocenters. The van der Waals surface area contributed by atoms with E-state index in [4.69, 9.17) is 0 Å². The summed E-state index contributed by atoms with van der Waals surface area (Å²) in [6.07, 6.45) is 3.45. The molecule has 134 valence electrons. The number of hydrogen-bond acceptors (Lipinski definition) is 4. The third-order valence-electron chi connectivity index (χ3n) is 4.29. The van der Waals surface area contributed by atoms with E-state index in [1.165, 1.54) is 6.92 Å². The number of carbonyl (C=O) groups is 1. The van der Waals surface area contributed by atoms with E-state index in [2.05, 4.69) is 15.1 Å². The summed E-state index contributed by atoms with van der Waals surface area (Å²) in [6.45, 7) is 4.08. The number of aromatic nitrogens is 2. The first-order chi connectivity index (χ1) is 11.8. The first-order valence-corrected chi connectivity index (χ1v) is 9.73. The minimum atomic E-state index is -3.60. The first-order valence-electron chi connectivity index (χ1n) is 8.25. The molecule has 1 heterocycles. The van der Waals surface area contributed by atoms with Gasteiger partial charge in [0.15, 0.2) is 0 Å². The molecule has 0 bridgehead atoms. The standard InChI is InChI=1S/C17H22N4O3S/c1-12-7-9-21(20-12)10-8-18-25(23,24)15-5-3-14-4-6-17(16(14)11-15)19-13(2)22/h3,5,7,9,11,17-18H,4,6,8,10H2,1-2H3,(H,19,22)/t17-/m0/s1. The molecule has 1 amide bonds. The number of aryl methyl sites for hydroxylation is 2. The summed E-state index contributed by atoms with van der Waals surface area (Å²) in [6, 6.07) is 6.88. The maximum absolute atomic E-state index is 12.5. The molecule has 0 fully saturated rings. The lowest BCUT2D eigenvalue weighted by Crippen LogP contribution is -2.28. The maximum Gasteiger partial charge on any atom is 0.240 e. The van der Waals surface area contributed by atoms with Crippen molar-refractivity contribution in [1.82, 2.24) is 19.8 Å². The zero-order valence-electron chi connectivity index (χ0n) is 14.3. The number of hydrogen-bond donors (Lipinski definition) is 2. The zero-order valence-corrected chi connectivity index (χ0v) is 15.1. The van der Waals surface area contributed by atoms with Gasteiger partial charge in [0, 0.05) is 19.7 Å². The van der Waals surface area contributed by atoms with Gasteiger partial charge in [-0.2, -0.15) is 5.10 Å². The second kappa shape index (κ2) is 6.97. The highest BCUT2D eigenvalue weighted by Gasteiger charge is 2.25. The number of amides is 1. The third-order valence-corrected chi connectivity index (χ3v) is 5.75. The largest absolute Gasteiger partial charge is 0.350 e. The lowest BCUT2D eigenvalue weighted by atomic mass is 10.1. The molecule has 2 aromatic rings. The molecule has 1 atom stereocenters. The van der Waals surface area contributed by atoms with E-state index < -0.39 is 10.0 Å². The predicted octanol–water partition coefficient (Wildman–Crippen LogP) is 1.29. The molecule has 0 saturated heterocycles. The summed E-state index contributed by atoms with van der Waals surface area (Å²) < 4.78 is 29.4. The van der Waals surface area contributed by atoms with Crippen LogP contribution in [-0.2, 0) is 27.8 Å². The Hall–Kier alpha value is -2.19. The molecule has 25 heavy (non-hydrogen) atoms. The predicted molar refractivity (Wildman–Crippen MR) is 93.5 cm³/mol. The van der Waals surface area contributed by atoms with Crippen molar-refractivity contribution < 1.29 is 13.2 Å². The molecule has 8 heteroatoms. The van der Waals surface area contributed by atoms with E-state index >= 15 is 0 Å². The molecule has 0 aliphatic heterocycles. The molecule has 1 aliphatic carbocycles. The van der Waals surface area contributed by atoms with Crippen LogP contribution in [0.25, 0.3) is 0 Å². The summed E-state index contributed by atoms with van der Waals surface area (Å²) in [5.41, 5.74) is 2.87. The Labute approximate surface area is 147 Å². The van der Waals surface area contributed by atoms with Gasteiger partial charge in [0.05, 0.1) is 23.2 Å². The highest BCUT2D eigenvalue weighted by molar-refractivity contribution is 7.89. The van der Waals surface area contributed by atoms with Crippen molar-refractivity contribution in [2.45, 2.75) is 44.2 Å². The van der Waals surface area contributed by atoms with Crippen molar-refractivity contribution >= 4 is 15.9 Å². The molecule has 1 aromatic heterocycles. The minimum Gasteiger partial charge on any atom is -0.350 e. The molecule has 1 aromatic carbocycles. The van der Waals surface area contributed by atoms with Crippen molar-refractivity contribution in [2.75, 3.05) is 6.54 Å². The number of nitrogens with zero attached hydrogens (tertiary/aromatic N) is 2. The Kier molecular flexibility index (Phi) is 4.91. The van der Waals surface area contributed by atoms with Gasteiger partial charge in [-0.05, 0) is 49.1 Å². The van der Waals surface area contributed by atoms with Gasteiger partial charge >= 0.3 is 0 Å². The highest BCUT2D eigenvalue weighted by Crippen LogP contribution is 2.32. The van der Waals surface area contributed by atoms with Crippen molar-refractivity contribution in [2.24, 2.45) is 0 Å². The molecular formula is C17H22N4O3S. The minimum absolute atomic E-state index is 0.112. The molecule has 2 N–H and O–H groups in total. The Morgan fingerprint density at radius 1 is 1.36 bits per heavy atom. The zero-order chi connectivity index (χ0) is 18.0. The Morgan fingerprint density at radius 2 is 2.16 bits per heavy atom. The number of carbonyl (C=O) groups excluding carboxylic acids is 1. The Morgan fingerprint density at radius 3 is 2.84 bits per heavy atom. The topological polar surface area (TPSA) is 93.1 Å². The fraction of sp³-hybridized carbons (Fsp3) is 0.412. The summed E-state index contributed by atoms with van der Waals surface area (Å²) in [5.74, 6) is -0.112. The number of fused-ring (bicyclic) bond motifs is 1. The molecule has 0 saturated carbocycles. The van der Waals surface area contributed by atoms with Crippen molar-refractivity contribution in [3.05, 3.63) is 47.3 Å². The van der Waals surface area contributed by atoms with Gasteiger partial charge in [0.2, 0.25) is 15.9 Å². The van der Waals surface area contributed by atoms with Crippen LogP contribution in [0.3, 0.4) is 0 Å². The Balaban J connectivity index is 1.71. The van der Waals surface area contributed by atoms with E-state index in [9.17, 15) is 13.2 Å². The quantitative estimate of drug-likeness (QED) is 0.810. The van der Waals surface area contributed by atoms with E-state index in [-0.39, 0.29) is 23.4 Å². The van der Waals surface area contributed by atoms with Crippen LogP contribution in [0.5, 0.6) is 0 Å². The van der Waals surface area contributed by atoms with Crippen molar-refractivity contribution in [1.29, 1.82) is 0 Å². The monoisotopic (exact) mass is 362 g/mol. The van der Waals surface area contributed by atoms with E-state index in [0.29, 0.717) is 6.54 Å². The molecule has 1 aliphatic rings. The molecule has 7 nitrogen and oxygen atoms in total. The number of benzene rings is 1. The molecule has 0 radical (unpaired) electrons. The SMILES string of the molecule is CC(=O)N[C@H]1CCc2ccc(S(=O)(=O)NCCn3ccc(C)n3)cc21. The van der Waals surface area contributed by atoms with Crippen LogP contribution in [0, 0.1) is 6.92 Å². The summed E-state index contributed by atoms with van der Waals surface area (Å²) in [7, 11) is -3.60. The second-order valence-electron chi connectivity index (χ2n) is 6.27. The van der Waals surface area contributed by atoms with Crippen molar-refractivity contribution in [3.63, 3.8) is 0 Å². The summed E-state index contributed by atoms with van der Waals surface area (Å²) >= 11 is 0. The molecular weight excluding hydrogens is 340 g/mol. The number of rotatable bonds is 6. The lowest BCUT2D eigenvalue weighted by Gasteiger charge is -2.14. The highest BCUT2D eigenvalue weighted by atomic mass is 32.2. The smallest absolute Gasteiger partial charge is 0.240 e. The van der Waals surface area contributed by atoms with Crippen LogP contribution in [0.15, 0.2) is 35.4 Å². The first kappa shape index (κ1) is 17.6. The molecule has 3 rings (SSSR count). The van der Waals surface area contributed by atoms with Gasteiger partial charge in [-0.3, -0.25) is 9.48 Å². The van der Waals surface area contributed by atoms with Gasteiger partial charge in [0.1, 0.15) is 0 Å². The van der Waals surface area contributed by atoms with E-state index in [0.717, 1.165) is 29.7 Å². The van der Waals surface area contributed by atoms with Crippen molar-refractivity contribution in [3.8, 4) is 0 Å². The van der Waals surface area contributed by atoms with Crippen LogP contribution in [0.1, 0.15) is 36.2 Å². The van der Waals surface area contributed by atoms with Crippen LogP contribution in [-0.4, -0.2) is 30.7 Å². The van der Waals surface area contributed by atoms with Gasteiger partial charge in [0.25, 0.3) is 0 Å². The van der Waals surface area contributed by atoms with E-state index in [1.54, 1.807) is 16.8 Å². The maximum atomic E-state index is 12.5. The van der Waals surface area contributed by atoms with Gasteiger partial charge in [-0.25, -0.2) is 13.1 Å². The van der Waals surface area contributed by atoms with E-state index in [1.807, 2.05) is 25.3 Å². The molecule has 0 spiro atoms. The average molecular weight is 362 g/mol. The second-order valence-corrected chi connectivity index (χ2v) is 8.04.